The van der Waals surface area contributed by atoms with E-state index in [-0.39, 0.29) is 12.6 Å². The zero-order chi connectivity index (χ0) is 14.6. The van der Waals surface area contributed by atoms with Crippen molar-refractivity contribution >= 4 is 11.4 Å². The van der Waals surface area contributed by atoms with Crippen molar-refractivity contribution in [2.45, 2.75) is 26.4 Å². The smallest absolute Gasteiger partial charge is 0.0913 e. The highest BCUT2D eigenvalue weighted by molar-refractivity contribution is 5.70. The van der Waals surface area contributed by atoms with Crippen molar-refractivity contribution < 1.29 is 5.11 Å². The van der Waals surface area contributed by atoms with Gasteiger partial charge in [-0.1, -0.05) is 35.4 Å². The number of hydrogen-bond acceptors (Lipinski definition) is 3. The molecule has 21 heavy (non-hydrogen) atoms. The topological polar surface area (TPSA) is 26.7 Å². The average molecular weight is 280 g/mol. The fourth-order valence-corrected chi connectivity index (χ4v) is 3.66. The normalized spacial score (nSPS) is 19.3. The lowest BCUT2D eigenvalue weighted by Crippen LogP contribution is -2.49. The van der Waals surface area contributed by atoms with Crippen LogP contribution in [0.3, 0.4) is 0 Å². The van der Waals surface area contributed by atoms with Gasteiger partial charge in [-0.05, 0) is 31.5 Å². The molecule has 4 rings (SSSR count). The second-order valence-electron chi connectivity index (χ2n) is 6.20. The van der Waals surface area contributed by atoms with E-state index in [1.54, 1.807) is 0 Å². The number of aliphatic hydroxyl groups is 1. The second kappa shape index (κ2) is 4.50. The Balaban J connectivity index is 1.90. The van der Waals surface area contributed by atoms with Crippen LogP contribution in [0.15, 0.2) is 36.4 Å². The summed E-state index contributed by atoms with van der Waals surface area (Å²) < 4.78 is 0. The number of benzene rings is 2. The van der Waals surface area contributed by atoms with Crippen molar-refractivity contribution in [3.8, 4) is 0 Å². The molecule has 0 aromatic heterocycles. The van der Waals surface area contributed by atoms with E-state index < -0.39 is 0 Å². The summed E-state index contributed by atoms with van der Waals surface area (Å²) in [6.45, 7) is 6.20. The third kappa shape index (κ3) is 1.84. The molecule has 2 heterocycles. The highest BCUT2D eigenvalue weighted by atomic mass is 16.3. The van der Waals surface area contributed by atoms with E-state index >= 15 is 0 Å². The summed E-state index contributed by atoms with van der Waals surface area (Å²) >= 11 is 0. The van der Waals surface area contributed by atoms with E-state index in [2.05, 4.69) is 60.0 Å². The van der Waals surface area contributed by atoms with Gasteiger partial charge >= 0.3 is 0 Å². The molecule has 3 heteroatoms. The van der Waals surface area contributed by atoms with Crippen LogP contribution >= 0.6 is 0 Å². The number of anilines is 2. The summed E-state index contributed by atoms with van der Waals surface area (Å²) in [6, 6.07) is 13.3. The van der Waals surface area contributed by atoms with E-state index in [1.165, 1.54) is 33.6 Å². The Bertz CT molecular complexity index is 710. The second-order valence-corrected chi connectivity index (χ2v) is 6.20. The van der Waals surface area contributed by atoms with Crippen molar-refractivity contribution in [1.82, 2.24) is 0 Å². The van der Waals surface area contributed by atoms with E-state index in [4.69, 9.17) is 0 Å². The molecule has 1 atom stereocenters. The van der Waals surface area contributed by atoms with Crippen LogP contribution in [0.2, 0.25) is 0 Å². The Labute approximate surface area is 125 Å². The number of nitrogens with zero attached hydrogens (tertiary/aromatic N) is 2. The molecule has 1 N–H and O–H groups in total. The average Bonchev–Trinajstić information content (AvgIpc) is 2.47. The lowest BCUT2D eigenvalue weighted by Gasteiger charge is -2.49. The fourth-order valence-electron chi connectivity index (χ4n) is 3.66. The van der Waals surface area contributed by atoms with Gasteiger partial charge in [0.05, 0.1) is 19.3 Å². The van der Waals surface area contributed by atoms with Crippen LogP contribution in [-0.2, 0) is 6.54 Å². The van der Waals surface area contributed by atoms with Crippen LogP contribution in [0.5, 0.6) is 0 Å². The summed E-state index contributed by atoms with van der Waals surface area (Å²) in [6.07, 6.45) is 0. The Morgan fingerprint density at radius 2 is 1.76 bits per heavy atom. The van der Waals surface area contributed by atoms with Gasteiger partial charge in [0.1, 0.15) is 0 Å². The van der Waals surface area contributed by atoms with Gasteiger partial charge in [-0.15, -0.1) is 0 Å². The maximum atomic E-state index is 9.96. The first kappa shape index (κ1) is 12.7. The zero-order valence-corrected chi connectivity index (χ0v) is 12.5. The summed E-state index contributed by atoms with van der Waals surface area (Å²) in [5.41, 5.74) is 7.67. The number of aryl methyl sites for hydroxylation is 2. The summed E-state index contributed by atoms with van der Waals surface area (Å²) in [5.74, 6) is 0. The molecule has 1 unspecified atom stereocenters. The third-order valence-corrected chi connectivity index (χ3v) is 4.66. The maximum Gasteiger partial charge on any atom is 0.0913 e. The molecule has 0 aliphatic carbocycles. The molecule has 0 radical (unpaired) electrons. The van der Waals surface area contributed by atoms with E-state index in [1.807, 2.05) is 0 Å². The Morgan fingerprint density at radius 3 is 2.52 bits per heavy atom. The molecular formula is C18H20N2O. The van der Waals surface area contributed by atoms with Gasteiger partial charge in [-0.25, -0.2) is 0 Å². The lowest BCUT2D eigenvalue weighted by atomic mass is 9.93. The van der Waals surface area contributed by atoms with Gasteiger partial charge in [0.15, 0.2) is 0 Å². The first-order valence-electron chi connectivity index (χ1n) is 7.50. The minimum atomic E-state index is 0.0536. The number of hydrogen-bond donors (Lipinski definition) is 1. The largest absolute Gasteiger partial charge is 0.394 e. The van der Waals surface area contributed by atoms with Crippen LogP contribution < -0.4 is 9.80 Å². The van der Waals surface area contributed by atoms with Gasteiger partial charge in [-0.3, -0.25) is 0 Å². The fraction of sp³-hybridized carbons (Fsp3) is 0.333. The zero-order valence-electron chi connectivity index (χ0n) is 12.5. The van der Waals surface area contributed by atoms with Crippen molar-refractivity contribution in [1.29, 1.82) is 0 Å². The van der Waals surface area contributed by atoms with Crippen LogP contribution in [0.25, 0.3) is 0 Å². The van der Waals surface area contributed by atoms with Crippen molar-refractivity contribution in [3.05, 3.63) is 58.7 Å². The summed E-state index contributed by atoms with van der Waals surface area (Å²) in [4.78, 5) is 4.74. The van der Waals surface area contributed by atoms with Crippen LogP contribution in [-0.4, -0.2) is 18.4 Å². The standard InChI is InChI=1S/C18H20N2O/c1-12-3-5-16-14(7-12)9-19-11-20(16)18(10-21)15-8-13(2)4-6-17(15)19/h3-8,18,21H,9-11H2,1-2H3. The predicted molar refractivity (Wildman–Crippen MR) is 85.7 cm³/mol. The van der Waals surface area contributed by atoms with Crippen molar-refractivity contribution in [3.63, 3.8) is 0 Å². The molecular weight excluding hydrogens is 260 g/mol. The monoisotopic (exact) mass is 280 g/mol. The highest BCUT2D eigenvalue weighted by Gasteiger charge is 2.35. The predicted octanol–water partition coefficient (Wildman–Crippen LogP) is 3.13. The molecule has 2 aliphatic heterocycles. The molecule has 0 saturated carbocycles. The molecule has 3 nitrogen and oxygen atoms in total. The van der Waals surface area contributed by atoms with Crippen molar-refractivity contribution in [2.24, 2.45) is 0 Å². The van der Waals surface area contributed by atoms with E-state index in [9.17, 15) is 5.11 Å². The Hall–Kier alpha value is -2.00. The molecule has 2 aromatic carbocycles. The van der Waals surface area contributed by atoms with Crippen LogP contribution in [0.1, 0.15) is 28.3 Å². The van der Waals surface area contributed by atoms with E-state index in [0.717, 1.165) is 13.2 Å². The molecule has 108 valence electrons. The van der Waals surface area contributed by atoms with Crippen LogP contribution in [0, 0.1) is 13.8 Å². The van der Waals surface area contributed by atoms with Crippen molar-refractivity contribution in [2.75, 3.05) is 23.1 Å². The highest BCUT2D eigenvalue weighted by Crippen LogP contribution is 2.43. The SMILES string of the molecule is Cc1ccc2c(c1)CN1CN2C(CO)c2cc(C)ccc21. The van der Waals surface area contributed by atoms with Gasteiger partial charge < -0.3 is 14.9 Å². The summed E-state index contributed by atoms with van der Waals surface area (Å²) in [7, 11) is 0. The maximum absolute atomic E-state index is 9.96. The molecule has 0 fully saturated rings. The van der Waals surface area contributed by atoms with E-state index in [0.29, 0.717) is 0 Å². The number of rotatable bonds is 1. The minimum absolute atomic E-state index is 0.0536. The first-order valence-corrected chi connectivity index (χ1v) is 7.50. The lowest BCUT2D eigenvalue weighted by molar-refractivity contribution is 0.256. The number of aliphatic hydroxyl groups excluding tert-OH is 1. The number of fused-ring (bicyclic) bond motifs is 6. The molecule has 2 aliphatic rings. The van der Waals surface area contributed by atoms with Gasteiger partial charge in [0, 0.05) is 23.5 Å². The third-order valence-electron chi connectivity index (χ3n) is 4.66. The molecule has 2 bridgehead atoms. The quantitative estimate of drug-likeness (QED) is 0.869. The molecule has 0 spiro atoms. The molecule has 0 saturated heterocycles. The first-order chi connectivity index (χ1) is 10.2. The Kier molecular flexibility index (Phi) is 2.73. The van der Waals surface area contributed by atoms with Gasteiger partial charge in [0.2, 0.25) is 0 Å². The van der Waals surface area contributed by atoms with Crippen LogP contribution in [0.4, 0.5) is 11.4 Å². The summed E-state index contributed by atoms with van der Waals surface area (Å²) in [5, 5.41) is 9.96. The Morgan fingerprint density at radius 1 is 1.05 bits per heavy atom. The minimum Gasteiger partial charge on any atom is -0.394 e. The van der Waals surface area contributed by atoms with Gasteiger partial charge in [0.25, 0.3) is 0 Å². The molecule has 0 amide bonds. The van der Waals surface area contributed by atoms with Gasteiger partial charge in [-0.2, -0.15) is 0 Å². The molecule has 2 aromatic rings.